The molecule has 4 atom stereocenters. The second kappa shape index (κ2) is 7.91. The van der Waals surface area contributed by atoms with Crippen LogP contribution in [0.15, 0.2) is 53.0 Å². The van der Waals surface area contributed by atoms with Crippen molar-refractivity contribution in [3.05, 3.63) is 70.3 Å². The van der Waals surface area contributed by atoms with Crippen LogP contribution in [0.3, 0.4) is 0 Å². The third-order valence-electron chi connectivity index (χ3n) is 8.98. The zero-order chi connectivity index (χ0) is 22.8. The summed E-state index contributed by atoms with van der Waals surface area (Å²) >= 11 is 0. The Bertz CT molecular complexity index is 1220. The Balaban J connectivity index is 1.17. The molecule has 1 N–H and O–H groups in total. The topological polar surface area (TPSA) is 44.7 Å². The molecular formula is C30H33N3O. The SMILES string of the molecule is CC1C(C2=Cc3ccccc3C2CC2CC2)=Nc2cc(C(=O)N3CCC4CCNC4C3)ccc21. The zero-order valence-corrected chi connectivity index (χ0v) is 20.0. The summed E-state index contributed by atoms with van der Waals surface area (Å²) in [5.74, 6) is 2.48. The molecule has 34 heavy (non-hydrogen) atoms. The van der Waals surface area contributed by atoms with Crippen LogP contribution in [-0.2, 0) is 0 Å². The van der Waals surface area contributed by atoms with Gasteiger partial charge in [-0.25, -0.2) is 0 Å². The number of hydrogen-bond donors (Lipinski definition) is 1. The van der Waals surface area contributed by atoms with E-state index < -0.39 is 0 Å². The molecule has 4 nitrogen and oxygen atoms in total. The molecule has 5 aliphatic rings. The Hall–Kier alpha value is -2.72. The summed E-state index contributed by atoms with van der Waals surface area (Å²) in [4.78, 5) is 20.6. The van der Waals surface area contributed by atoms with Gasteiger partial charge in [0.15, 0.2) is 0 Å². The van der Waals surface area contributed by atoms with Crippen LogP contribution in [0.2, 0.25) is 0 Å². The molecule has 1 amide bonds. The van der Waals surface area contributed by atoms with E-state index in [0.717, 1.165) is 49.1 Å². The molecule has 2 aromatic carbocycles. The van der Waals surface area contributed by atoms with Crippen LogP contribution < -0.4 is 5.32 Å². The highest BCUT2D eigenvalue weighted by Crippen LogP contribution is 2.50. The second-order valence-electron chi connectivity index (χ2n) is 11.1. The Kier molecular flexibility index (Phi) is 4.80. The zero-order valence-electron chi connectivity index (χ0n) is 20.0. The van der Waals surface area contributed by atoms with Crippen molar-refractivity contribution < 1.29 is 4.79 Å². The lowest BCUT2D eigenvalue weighted by atomic mass is 9.84. The van der Waals surface area contributed by atoms with Gasteiger partial charge in [0.2, 0.25) is 0 Å². The number of aliphatic imine (C=N–C) groups is 1. The van der Waals surface area contributed by atoms with Gasteiger partial charge in [0.05, 0.1) is 11.4 Å². The molecule has 4 unspecified atom stereocenters. The number of allylic oxidation sites excluding steroid dienone is 1. The van der Waals surface area contributed by atoms with Gasteiger partial charge in [-0.1, -0.05) is 50.1 Å². The van der Waals surface area contributed by atoms with Gasteiger partial charge in [-0.05, 0) is 78.1 Å². The summed E-state index contributed by atoms with van der Waals surface area (Å²) < 4.78 is 0. The lowest BCUT2D eigenvalue weighted by molar-refractivity contribution is 0.0669. The van der Waals surface area contributed by atoms with Crippen LogP contribution in [0.5, 0.6) is 0 Å². The molecule has 3 aliphatic heterocycles. The molecule has 2 aliphatic carbocycles. The van der Waals surface area contributed by atoms with Gasteiger partial charge >= 0.3 is 0 Å². The molecule has 7 rings (SSSR count). The standard InChI is InChI=1S/C30H33N3O/c1-18-23-9-8-22(30(34)33-13-11-20-10-12-31-28(20)17-33)16-27(23)32-29(18)26-15-21-4-2-3-5-24(21)25(26)14-19-6-7-19/h2-5,8-9,15-16,18-20,25,28,31H,6-7,10-14,17H2,1H3. The fourth-order valence-corrected chi connectivity index (χ4v) is 6.82. The van der Waals surface area contributed by atoms with E-state index in [1.54, 1.807) is 0 Å². The predicted octanol–water partition coefficient (Wildman–Crippen LogP) is 5.68. The van der Waals surface area contributed by atoms with Crippen LogP contribution in [0.25, 0.3) is 6.08 Å². The second-order valence-corrected chi connectivity index (χ2v) is 11.1. The highest BCUT2D eigenvalue weighted by atomic mass is 16.2. The Morgan fingerprint density at radius 1 is 1.09 bits per heavy atom. The molecule has 0 aromatic heterocycles. The predicted molar refractivity (Wildman–Crippen MR) is 137 cm³/mol. The minimum absolute atomic E-state index is 0.158. The van der Waals surface area contributed by atoms with E-state index in [1.807, 2.05) is 17.0 Å². The number of piperidine rings is 1. The molecule has 2 saturated heterocycles. The maximum atomic E-state index is 13.4. The van der Waals surface area contributed by atoms with Gasteiger partial charge in [-0.2, -0.15) is 0 Å². The van der Waals surface area contributed by atoms with E-state index in [1.165, 1.54) is 53.7 Å². The molecule has 3 heterocycles. The number of rotatable bonds is 4. The Morgan fingerprint density at radius 3 is 2.85 bits per heavy atom. The van der Waals surface area contributed by atoms with Crippen molar-refractivity contribution >= 4 is 23.4 Å². The maximum Gasteiger partial charge on any atom is 0.253 e. The molecule has 0 bridgehead atoms. The first kappa shape index (κ1) is 20.6. The molecule has 2 aromatic rings. The summed E-state index contributed by atoms with van der Waals surface area (Å²) in [6.45, 7) is 5.07. The van der Waals surface area contributed by atoms with E-state index in [0.29, 0.717) is 12.0 Å². The summed E-state index contributed by atoms with van der Waals surface area (Å²) in [5.41, 5.74) is 8.46. The first-order valence-electron chi connectivity index (χ1n) is 13.2. The van der Waals surface area contributed by atoms with Crippen molar-refractivity contribution in [3.63, 3.8) is 0 Å². The molecule has 0 radical (unpaired) electrons. The third-order valence-corrected chi connectivity index (χ3v) is 8.98. The third kappa shape index (κ3) is 3.38. The molecule has 1 saturated carbocycles. The first-order chi connectivity index (χ1) is 16.7. The fourth-order valence-electron chi connectivity index (χ4n) is 6.82. The molecule has 4 heteroatoms. The minimum atomic E-state index is 0.158. The highest BCUT2D eigenvalue weighted by Gasteiger charge is 2.38. The van der Waals surface area contributed by atoms with E-state index in [2.05, 4.69) is 48.6 Å². The number of amides is 1. The number of nitrogens with one attached hydrogen (secondary N) is 1. The van der Waals surface area contributed by atoms with Gasteiger partial charge in [0, 0.05) is 36.5 Å². The van der Waals surface area contributed by atoms with E-state index in [4.69, 9.17) is 4.99 Å². The Labute approximate surface area is 202 Å². The van der Waals surface area contributed by atoms with Crippen molar-refractivity contribution in [1.29, 1.82) is 0 Å². The minimum Gasteiger partial charge on any atom is -0.337 e. The van der Waals surface area contributed by atoms with Crippen LogP contribution in [-0.4, -0.2) is 42.2 Å². The van der Waals surface area contributed by atoms with Crippen LogP contribution in [0.4, 0.5) is 5.69 Å². The summed E-state index contributed by atoms with van der Waals surface area (Å²) in [7, 11) is 0. The number of benzene rings is 2. The van der Waals surface area contributed by atoms with Gasteiger partial charge < -0.3 is 10.2 Å². The van der Waals surface area contributed by atoms with Crippen molar-refractivity contribution in [2.75, 3.05) is 19.6 Å². The number of likely N-dealkylation sites (tertiary alicyclic amines) is 1. The van der Waals surface area contributed by atoms with E-state index >= 15 is 0 Å². The first-order valence-corrected chi connectivity index (χ1v) is 13.2. The smallest absolute Gasteiger partial charge is 0.253 e. The van der Waals surface area contributed by atoms with E-state index in [-0.39, 0.29) is 11.8 Å². The lowest BCUT2D eigenvalue weighted by Gasteiger charge is -2.35. The summed E-state index contributed by atoms with van der Waals surface area (Å²) in [5, 5.41) is 3.59. The van der Waals surface area contributed by atoms with Gasteiger partial charge in [-0.15, -0.1) is 0 Å². The van der Waals surface area contributed by atoms with Crippen molar-refractivity contribution in [2.45, 2.75) is 56.9 Å². The normalized spacial score (nSPS) is 29.4. The average molecular weight is 452 g/mol. The average Bonchev–Trinajstić information content (AvgIpc) is 3.29. The van der Waals surface area contributed by atoms with Gasteiger partial charge in [-0.3, -0.25) is 9.79 Å². The largest absolute Gasteiger partial charge is 0.337 e. The summed E-state index contributed by atoms with van der Waals surface area (Å²) in [6.07, 6.45) is 8.72. The van der Waals surface area contributed by atoms with E-state index in [9.17, 15) is 4.79 Å². The maximum absolute atomic E-state index is 13.4. The van der Waals surface area contributed by atoms with Gasteiger partial charge in [0.25, 0.3) is 5.91 Å². The van der Waals surface area contributed by atoms with Crippen LogP contribution in [0.1, 0.15) is 77.9 Å². The Morgan fingerprint density at radius 2 is 1.97 bits per heavy atom. The number of carbonyl (C=O) groups excluding carboxylic acids is 1. The molecule has 174 valence electrons. The number of carbonyl (C=O) groups is 1. The van der Waals surface area contributed by atoms with Crippen molar-refractivity contribution in [1.82, 2.24) is 10.2 Å². The van der Waals surface area contributed by atoms with Crippen molar-refractivity contribution in [2.24, 2.45) is 16.8 Å². The number of hydrogen-bond acceptors (Lipinski definition) is 3. The monoisotopic (exact) mass is 451 g/mol. The van der Waals surface area contributed by atoms with Crippen molar-refractivity contribution in [3.8, 4) is 0 Å². The summed E-state index contributed by atoms with van der Waals surface area (Å²) in [6, 6.07) is 15.6. The van der Waals surface area contributed by atoms with Gasteiger partial charge in [0.1, 0.15) is 0 Å². The quantitative estimate of drug-likeness (QED) is 0.650. The fraction of sp³-hybridized carbons (Fsp3) is 0.467. The lowest BCUT2D eigenvalue weighted by Crippen LogP contribution is -2.48. The van der Waals surface area contributed by atoms with Crippen LogP contribution in [0, 0.1) is 11.8 Å². The molecule has 3 fully saturated rings. The van der Waals surface area contributed by atoms with Crippen LogP contribution >= 0.6 is 0 Å². The number of fused-ring (bicyclic) bond motifs is 3. The molecular weight excluding hydrogens is 418 g/mol. The highest BCUT2D eigenvalue weighted by molar-refractivity contribution is 6.14. The molecule has 0 spiro atoms. The number of nitrogens with zero attached hydrogens (tertiary/aromatic N) is 2.